The Morgan fingerprint density at radius 3 is 2.08 bits per heavy atom. The number of thiophene rings is 1. The molecule has 0 saturated carbocycles. The molecule has 2 atom stereocenters. The van der Waals surface area contributed by atoms with Gasteiger partial charge in [-0.2, -0.15) is 0 Å². The quantitative estimate of drug-likeness (QED) is 0.197. The number of rotatable bonds is 5. The molecule has 2 unspecified atom stereocenters. The molecule has 0 aliphatic carbocycles. The number of nitrogens with zero attached hydrogens (tertiary/aromatic N) is 3. The van der Waals surface area contributed by atoms with Crippen LogP contribution < -0.4 is 5.32 Å². The lowest BCUT2D eigenvalue weighted by Gasteiger charge is -2.39. The molecule has 0 bridgehead atoms. The maximum absolute atomic E-state index is 5.34. The summed E-state index contributed by atoms with van der Waals surface area (Å²) >= 11 is 1.88. The summed E-state index contributed by atoms with van der Waals surface area (Å²) in [5, 5.41) is 8.93. The van der Waals surface area contributed by atoms with Crippen LogP contribution in [0.3, 0.4) is 0 Å². The van der Waals surface area contributed by atoms with Crippen molar-refractivity contribution in [2.45, 2.75) is 12.3 Å². The molecule has 10 rings (SSSR count). The van der Waals surface area contributed by atoms with Crippen molar-refractivity contribution in [1.29, 1.82) is 0 Å². The average Bonchev–Trinajstić information content (AvgIpc) is 3.74. The average molecular weight is 675 g/mol. The molecule has 4 nitrogen and oxygen atoms in total. The van der Waals surface area contributed by atoms with Gasteiger partial charge in [-0.15, -0.1) is 11.3 Å². The van der Waals surface area contributed by atoms with Gasteiger partial charge in [-0.05, 0) is 58.7 Å². The van der Waals surface area contributed by atoms with Crippen molar-refractivity contribution >= 4 is 59.2 Å². The van der Waals surface area contributed by atoms with Gasteiger partial charge in [-0.1, -0.05) is 133 Å². The van der Waals surface area contributed by atoms with E-state index >= 15 is 0 Å². The second kappa shape index (κ2) is 12.1. The molecule has 5 heteroatoms. The van der Waals surface area contributed by atoms with Crippen molar-refractivity contribution in [3.63, 3.8) is 0 Å². The largest absolute Gasteiger partial charge is 0.340 e. The Bertz CT molecular complexity index is 2760. The van der Waals surface area contributed by atoms with Crippen LogP contribution in [-0.4, -0.2) is 22.4 Å². The third kappa shape index (κ3) is 4.96. The van der Waals surface area contributed by atoms with Crippen LogP contribution >= 0.6 is 11.3 Å². The standard InChI is InChI=1S/C46H34N4S/c1-49-45(31-16-6-3-7-17-31)47-44(30-14-4-2-5-15-30)48-46(49)33-18-12-19-34(28-33)50-40-24-10-8-20-36(40)39-29-32(26-27-41(39)50)35-22-13-23-38-37-21-9-11-25-42(37)51-43(35)38/h2-29,44-45,47H,1H3. The molecule has 0 amide bonds. The monoisotopic (exact) mass is 674 g/mol. The number of para-hydroxylation sites is 1. The zero-order chi connectivity index (χ0) is 33.9. The molecule has 0 spiro atoms. The fraction of sp³-hybridized carbons (Fsp3) is 0.0652. The molecule has 1 N–H and O–H groups in total. The van der Waals surface area contributed by atoms with Gasteiger partial charge in [-0.25, -0.2) is 4.99 Å². The second-order valence-corrected chi connectivity index (χ2v) is 14.3. The summed E-state index contributed by atoms with van der Waals surface area (Å²) in [6.45, 7) is 0. The molecule has 9 aromatic rings. The zero-order valence-electron chi connectivity index (χ0n) is 28.1. The highest BCUT2D eigenvalue weighted by Gasteiger charge is 2.30. The maximum Gasteiger partial charge on any atom is 0.134 e. The number of aliphatic imine (C=N–C) groups is 1. The smallest absolute Gasteiger partial charge is 0.134 e. The molecule has 2 aromatic heterocycles. The summed E-state index contributed by atoms with van der Waals surface area (Å²) in [7, 11) is 2.14. The van der Waals surface area contributed by atoms with Gasteiger partial charge in [0.25, 0.3) is 0 Å². The van der Waals surface area contributed by atoms with E-state index in [0.29, 0.717) is 0 Å². The number of amidine groups is 1. The highest BCUT2D eigenvalue weighted by molar-refractivity contribution is 7.26. The number of nitrogens with one attached hydrogen (secondary N) is 1. The first-order valence-corrected chi connectivity index (χ1v) is 18.2. The van der Waals surface area contributed by atoms with Crippen LogP contribution in [0, 0.1) is 0 Å². The SMILES string of the molecule is CN1C(c2cccc(-n3c4ccccc4c4cc(-c5cccc6c5sc5ccccc56)ccc43)c2)=NC(c2ccccc2)NC1c1ccccc1. The van der Waals surface area contributed by atoms with E-state index in [2.05, 4.69) is 192 Å². The van der Waals surface area contributed by atoms with Crippen LogP contribution in [0.1, 0.15) is 29.0 Å². The number of hydrogen-bond acceptors (Lipinski definition) is 4. The van der Waals surface area contributed by atoms with Crippen molar-refractivity contribution < 1.29 is 0 Å². The van der Waals surface area contributed by atoms with Crippen molar-refractivity contribution in [2.75, 3.05) is 7.05 Å². The van der Waals surface area contributed by atoms with Crippen LogP contribution in [0.4, 0.5) is 0 Å². The van der Waals surface area contributed by atoms with Crippen LogP contribution in [0.5, 0.6) is 0 Å². The molecular weight excluding hydrogens is 641 g/mol. The molecule has 0 radical (unpaired) electrons. The third-order valence-corrected chi connectivity index (χ3v) is 11.5. The lowest BCUT2D eigenvalue weighted by molar-refractivity contribution is 0.257. The Labute approximate surface area is 300 Å². The van der Waals surface area contributed by atoms with Gasteiger partial charge in [0.2, 0.25) is 0 Å². The number of hydrogen-bond donors (Lipinski definition) is 1. The van der Waals surface area contributed by atoms with E-state index in [1.165, 1.54) is 58.7 Å². The molecule has 1 aliphatic rings. The van der Waals surface area contributed by atoms with Gasteiger partial charge in [-0.3, -0.25) is 5.32 Å². The van der Waals surface area contributed by atoms with Crippen molar-refractivity contribution in [3.8, 4) is 16.8 Å². The van der Waals surface area contributed by atoms with Gasteiger partial charge in [0.1, 0.15) is 18.2 Å². The molecule has 51 heavy (non-hydrogen) atoms. The second-order valence-electron chi connectivity index (χ2n) is 13.3. The van der Waals surface area contributed by atoms with Crippen LogP contribution in [-0.2, 0) is 0 Å². The van der Waals surface area contributed by atoms with E-state index in [9.17, 15) is 0 Å². The fourth-order valence-corrected chi connectivity index (χ4v) is 9.09. The van der Waals surface area contributed by atoms with Gasteiger partial charge in [0.15, 0.2) is 0 Å². The molecular formula is C46H34N4S. The topological polar surface area (TPSA) is 32.6 Å². The summed E-state index contributed by atoms with van der Waals surface area (Å²) in [5.41, 5.74) is 9.43. The van der Waals surface area contributed by atoms with Gasteiger partial charge < -0.3 is 9.47 Å². The highest BCUT2D eigenvalue weighted by Crippen LogP contribution is 2.42. The first-order chi connectivity index (χ1) is 25.2. The van der Waals surface area contributed by atoms with E-state index in [4.69, 9.17) is 4.99 Å². The van der Waals surface area contributed by atoms with Crippen molar-refractivity contribution in [1.82, 2.24) is 14.8 Å². The Kier molecular flexibility index (Phi) is 7.08. The first kappa shape index (κ1) is 29.9. The van der Waals surface area contributed by atoms with Crippen LogP contribution in [0.15, 0.2) is 175 Å². The minimum Gasteiger partial charge on any atom is -0.340 e. The van der Waals surface area contributed by atoms with Gasteiger partial charge in [0.05, 0.1) is 11.0 Å². The van der Waals surface area contributed by atoms with E-state index in [-0.39, 0.29) is 12.3 Å². The number of aromatic nitrogens is 1. The van der Waals surface area contributed by atoms with Crippen LogP contribution in [0.2, 0.25) is 0 Å². The Hall–Kier alpha value is -6.01. The van der Waals surface area contributed by atoms with Gasteiger partial charge in [0, 0.05) is 49.2 Å². The van der Waals surface area contributed by atoms with Crippen LogP contribution in [0.25, 0.3) is 58.8 Å². The summed E-state index contributed by atoms with van der Waals surface area (Å²) in [5.74, 6) is 0.956. The van der Waals surface area contributed by atoms with Gasteiger partial charge >= 0.3 is 0 Å². The third-order valence-electron chi connectivity index (χ3n) is 10.3. The Morgan fingerprint density at radius 1 is 0.549 bits per heavy atom. The summed E-state index contributed by atoms with van der Waals surface area (Å²) < 4.78 is 5.07. The molecule has 0 fully saturated rings. The van der Waals surface area contributed by atoms with E-state index < -0.39 is 0 Å². The first-order valence-electron chi connectivity index (χ1n) is 17.4. The summed E-state index contributed by atoms with van der Waals surface area (Å²) in [6.07, 6.45) is -0.215. The van der Waals surface area contributed by atoms with E-state index in [1.54, 1.807) is 0 Å². The predicted molar refractivity (Wildman–Crippen MR) is 215 cm³/mol. The van der Waals surface area contributed by atoms with E-state index in [0.717, 1.165) is 22.6 Å². The van der Waals surface area contributed by atoms with Crippen molar-refractivity contribution in [3.05, 3.63) is 187 Å². The van der Waals surface area contributed by atoms with Crippen molar-refractivity contribution in [2.24, 2.45) is 4.99 Å². The maximum atomic E-state index is 5.34. The molecule has 0 saturated heterocycles. The Balaban J connectivity index is 1.11. The lowest BCUT2D eigenvalue weighted by atomic mass is 10.0. The predicted octanol–water partition coefficient (Wildman–Crippen LogP) is 11.5. The summed E-state index contributed by atoms with van der Waals surface area (Å²) in [4.78, 5) is 7.60. The molecule has 1 aliphatic heterocycles. The highest BCUT2D eigenvalue weighted by atomic mass is 32.1. The molecule has 244 valence electrons. The zero-order valence-corrected chi connectivity index (χ0v) is 28.9. The fourth-order valence-electron chi connectivity index (χ4n) is 7.85. The normalized spacial score (nSPS) is 16.3. The molecule has 3 heterocycles. The Morgan fingerprint density at radius 2 is 1.24 bits per heavy atom. The minimum atomic E-state index is -0.177. The minimum absolute atomic E-state index is 0.0374. The molecule has 7 aromatic carbocycles. The number of benzene rings is 7. The lowest BCUT2D eigenvalue weighted by Crippen LogP contribution is -2.46. The summed E-state index contributed by atoms with van der Waals surface area (Å²) in [6, 6.07) is 61.2. The van der Waals surface area contributed by atoms with E-state index in [1.807, 2.05) is 11.3 Å². The number of fused-ring (bicyclic) bond motifs is 6.